The van der Waals surface area contributed by atoms with Gasteiger partial charge in [0, 0.05) is 18.7 Å². The van der Waals surface area contributed by atoms with Gasteiger partial charge in [-0.15, -0.1) is 0 Å². The topological polar surface area (TPSA) is 107 Å². The Bertz CT molecular complexity index is 779. The van der Waals surface area contributed by atoms with E-state index in [1.807, 2.05) is 0 Å². The first kappa shape index (κ1) is 12.9. The van der Waals surface area contributed by atoms with Crippen LogP contribution in [0.25, 0.3) is 23.0 Å². The molecule has 21 heavy (non-hydrogen) atoms. The molecule has 3 aromatic rings. The smallest absolute Gasteiger partial charge is 0.293 e. The average molecular weight is 286 g/mol. The average Bonchev–Trinajstić information content (AvgIpc) is 3.17. The van der Waals surface area contributed by atoms with E-state index in [0.29, 0.717) is 17.0 Å². The highest BCUT2D eigenvalue weighted by Crippen LogP contribution is 2.30. The second kappa shape index (κ2) is 5.08. The van der Waals surface area contributed by atoms with Gasteiger partial charge in [0.2, 0.25) is 5.82 Å². The molecular formula is C13H10N4O4. The van der Waals surface area contributed by atoms with Crippen LogP contribution < -0.4 is 5.32 Å². The van der Waals surface area contributed by atoms with Gasteiger partial charge < -0.3 is 14.3 Å². The lowest BCUT2D eigenvalue weighted by molar-refractivity contribution is -0.383. The zero-order valence-corrected chi connectivity index (χ0v) is 10.9. The van der Waals surface area contributed by atoms with Crippen LogP contribution in [-0.4, -0.2) is 22.1 Å². The number of aromatic nitrogens is 2. The molecule has 1 aromatic carbocycles. The number of hydrogen-bond donors (Lipinski definition) is 1. The maximum Gasteiger partial charge on any atom is 0.293 e. The number of anilines is 1. The number of nitro groups is 1. The fraction of sp³-hybridized carbons (Fsp3) is 0.0769. The van der Waals surface area contributed by atoms with Gasteiger partial charge in [-0.25, -0.2) is 0 Å². The quantitative estimate of drug-likeness (QED) is 0.580. The lowest BCUT2D eigenvalue weighted by Crippen LogP contribution is -1.96. The first-order valence-electron chi connectivity index (χ1n) is 6.03. The second-order valence-corrected chi connectivity index (χ2v) is 4.14. The van der Waals surface area contributed by atoms with E-state index >= 15 is 0 Å². The molecule has 1 N–H and O–H groups in total. The van der Waals surface area contributed by atoms with Gasteiger partial charge in [0.25, 0.3) is 11.6 Å². The van der Waals surface area contributed by atoms with E-state index in [-0.39, 0.29) is 17.4 Å². The third-order valence-electron chi connectivity index (χ3n) is 2.88. The third-order valence-corrected chi connectivity index (χ3v) is 2.88. The van der Waals surface area contributed by atoms with Crippen molar-refractivity contribution in [2.45, 2.75) is 0 Å². The molecule has 0 bridgehead atoms. The number of furan rings is 1. The van der Waals surface area contributed by atoms with Crippen LogP contribution in [0.2, 0.25) is 0 Å². The van der Waals surface area contributed by atoms with Gasteiger partial charge in [0.1, 0.15) is 5.69 Å². The zero-order chi connectivity index (χ0) is 14.8. The second-order valence-electron chi connectivity index (χ2n) is 4.14. The minimum atomic E-state index is -0.473. The van der Waals surface area contributed by atoms with E-state index in [9.17, 15) is 10.1 Å². The molecule has 0 aliphatic carbocycles. The molecule has 0 atom stereocenters. The summed E-state index contributed by atoms with van der Waals surface area (Å²) in [6.07, 6.45) is 1.50. The number of rotatable bonds is 4. The Kier molecular flexibility index (Phi) is 3.11. The molecule has 0 saturated carbocycles. The van der Waals surface area contributed by atoms with Crippen LogP contribution in [-0.2, 0) is 0 Å². The Morgan fingerprint density at radius 3 is 2.86 bits per heavy atom. The Balaban J connectivity index is 2.01. The molecule has 0 radical (unpaired) electrons. The maximum atomic E-state index is 11.0. The fourth-order valence-electron chi connectivity index (χ4n) is 1.87. The summed E-state index contributed by atoms with van der Waals surface area (Å²) in [6, 6.07) is 8.03. The summed E-state index contributed by atoms with van der Waals surface area (Å²) in [5.74, 6) is 0.939. The normalized spacial score (nSPS) is 10.5. The van der Waals surface area contributed by atoms with Gasteiger partial charge in [0.15, 0.2) is 5.76 Å². The number of hydrogen-bond acceptors (Lipinski definition) is 7. The van der Waals surface area contributed by atoms with Crippen molar-refractivity contribution in [3.8, 4) is 23.0 Å². The molecular weight excluding hydrogens is 276 g/mol. The van der Waals surface area contributed by atoms with Crippen molar-refractivity contribution < 1.29 is 13.9 Å². The molecule has 0 saturated heterocycles. The molecule has 106 valence electrons. The van der Waals surface area contributed by atoms with Crippen LogP contribution in [0.3, 0.4) is 0 Å². The number of nitrogens with one attached hydrogen (secondary N) is 1. The molecule has 2 heterocycles. The Morgan fingerprint density at radius 1 is 1.33 bits per heavy atom. The van der Waals surface area contributed by atoms with E-state index < -0.39 is 4.92 Å². The number of benzene rings is 1. The van der Waals surface area contributed by atoms with Crippen LogP contribution in [0.4, 0.5) is 11.4 Å². The predicted octanol–water partition coefficient (Wildman–Crippen LogP) is 2.95. The number of nitrogens with zero attached hydrogens (tertiary/aromatic N) is 3. The standard InChI is InChI=1S/C13H10N4O4/c1-14-9-5-4-8(7-10(9)17(18)19)13-15-12(16-21-13)11-3-2-6-20-11/h2-7,14H,1H3. The van der Waals surface area contributed by atoms with E-state index in [1.54, 1.807) is 31.3 Å². The highest BCUT2D eigenvalue weighted by molar-refractivity contribution is 5.70. The lowest BCUT2D eigenvalue weighted by Gasteiger charge is -2.02. The minimum absolute atomic E-state index is 0.0623. The van der Waals surface area contributed by atoms with Crippen LogP contribution in [0, 0.1) is 10.1 Å². The van der Waals surface area contributed by atoms with Crippen molar-refractivity contribution in [1.29, 1.82) is 0 Å². The molecule has 8 heteroatoms. The number of nitro benzene ring substituents is 1. The minimum Gasteiger partial charge on any atom is -0.461 e. The van der Waals surface area contributed by atoms with Gasteiger partial charge >= 0.3 is 0 Å². The summed E-state index contributed by atoms with van der Waals surface area (Å²) in [4.78, 5) is 14.7. The van der Waals surface area contributed by atoms with Crippen LogP contribution in [0.1, 0.15) is 0 Å². The van der Waals surface area contributed by atoms with Crippen LogP contribution in [0.15, 0.2) is 45.5 Å². The van der Waals surface area contributed by atoms with Crippen molar-refractivity contribution in [3.05, 3.63) is 46.7 Å². The van der Waals surface area contributed by atoms with E-state index in [2.05, 4.69) is 15.5 Å². The van der Waals surface area contributed by atoms with E-state index in [0.717, 1.165) is 0 Å². The largest absolute Gasteiger partial charge is 0.461 e. The zero-order valence-electron chi connectivity index (χ0n) is 10.9. The van der Waals surface area contributed by atoms with Gasteiger partial charge in [-0.2, -0.15) is 4.98 Å². The summed E-state index contributed by atoms with van der Waals surface area (Å²) in [7, 11) is 1.61. The third kappa shape index (κ3) is 2.34. The first-order chi connectivity index (χ1) is 10.2. The molecule has 2 aromatic heterocycles. The van der Waals surface area contributed by atoms with Crippen molar-refractivity contribution in [3.63, 3.8) is 0 Å². The molecule has 0 aliphatic heterocycles. The molecule has 0 aliphatic rings. The monoisotopic (exact) mass is 286 g/mol. The van der Waals surface area contributed by atoms with Gasteiger partial charge in [-0.1, -0.05) is 5.16 Å². The highest BCUT2D eigenvalue weighted by atomic mass is 16.6. The summed E-state index contributed by atoms with van der Waals surface area (Å²) < 4.78 is 10.3. The fourth-order valence-corrected chi connectivity index (χ4v) is 1.87. The summed E-state index contributed by atoms with van der Waals surface area (Å²) in [5.41, 5.74) is 0.813. The summed E-state index contributed by atoms with van der Waals surface area (Å²) in [6.45, 7) is 0. The SMILES string of the molecule is CNc1ccc(-c2nc(-c3ccco3)no2)cc1[N+](=O)[O-]. The van der Waals surface area contributed by atoms with Crippen LogP contribution >= 0.6 is 0 Å². The molecule has 0 amide bonds. The molecule has 3 rings (SSSR count). The molecule has 8 nitrogen and oxygen atoms in total. The highest BCUT2D eigenvalue weighted by Gasteiger charge is 2.18. The van der Waals surface area contributed by atoms with E-state index in [1.165, 1.54) is 12.3 Å². The lowest BCUT2D eigenvalue weighted by atomic mass is 10.1. The molecule has 0 fully saturated rings. The van der Waals surface area contributed by atoms with Gasteiger partial charge in [-0.05, 0) is 24.3 Å². The molecule has 0 spiro atoms. The Labute approximate surface area is 118 Å². The molecule has 0 unspecified atom stereocenters. The van der Waals surface area contributed by atoms with Crippen molar-refractivity contribution in [2.75, 3.05) is 12.4 Å². The Hall–Kier alpha value is -3.16. The van der Waals surface area contributed by atoms with Crippen LogP contribution in [0.5, 0.6) is 0 Å². The summed E-state index contributed by atoms with van der Waals surface area (Å²) in [5, 5.41) is 17.6. The van der Waals surface area contributed by atoms with Gasteiger partial charge in [-0.3, -0.25) is 10.1 Å². The van der Waals surface area contributed by atoms with Gasteiger partial charge in [0.05, 0.1) is 11.2 Å². The van der Waals surface area contributed by atoms with Crippen molar-refractivity contribution in [1.82, 2.24) is 10.1 Å². The Morgan fingerprint density at radius 2 is 2.19 bits per heavy atom. The van der Waals surface area contributed by atoms with Crippen molar-refractivity contribution in [2.24, 2.45) is 0 Å². The van der Waals surface area contributed by atoms with E-state index in [4.69, 9.17) is 8.94 Å². The maximum absolute atomic E-state index is 11.0. The summed E-state index contributed by atoms with van der Waals surface area (Å²) >= 11 is 0. The first-order valence-corrected chi connectivity index (χ1v) is 6.03. The van der Waals surface area contributed by atoms with Crippen molar-refractivity contribution >= 4 is 11.4 Å². The predicted molar refractivity (Wildman–Crippen MR) is 73.6 cm³/mol.